The van der Waals surface area contributed by atoms with Crippen LogP contribution in [0.4, 0.5) is 0 Å². The van der Waals surface area contributed by atoms with Crippen molar-refractivity contribution in [3.05, 3.63) is 243 Å². The van der Waals surface area contributed by atoms with E-state index < -0.39 is 8.07 Å². The molecular formula is C60H40BNO2Si. The number of ether oxygens (including phenoxy) is 1. The number of para-hydroxylation sites is 3. The van der Waals surface area contributed by atoms with Crippen LogP contribution in [-0.2, 0) is 0 Å². The van der Waals surface area contributed by atoms with Crippen LogP contribution in [0.25, 0.3) is 60.9 Å². The van der Waals surface area contributed by atoms with Gasteiger partial charge in [-0.2, -0.15) is 0 Å². The lowest BCUT2D eigenvalue weighted by Crippen LogP contribution is -2.75. The molecule has 10 aromatic carbocycles. The summed E-state index contributed by atoms with van der Waals surface area (Å²) in [6.07, 6.45) is 0. The third-order valence-corrected chi connectivity index (χ3v) is 18.5. The summed E-state index contributed by atoms with van der Waals surface area (Å²) >= 11 is 0. The molecule has 0 saturated heterocycles. The van der Waals surface area contributed by atoms with Gasteiger partial charge in [0.2, 0.25) is 0 Å². The van der Waals surface area contributed by atoms with Crippen LogP contribution in [0.5, 0.6) is 17.2 Å². The smallest absolute Gasteiger partial charge is 0.434 e. The van der Waals surface area contributed by atoms with Crippen LogP contribution in [0.15, 0.2) is 243 Å². The minimum absolute atomic E-state index is 0.313. The van der Waals surface area contributed by atoms with Crippen molar-refractivity contribution in [1.29, 1.82) is 0 Å². The number of nitrogens with zero attached hydrogens (tertiary/aromatic N) is 1. The van der Waals surface area contributed by atoms with Gasteiger partial charge in [0.1, 0.15) is 17.2 Å². The Morgan fingerprint density at radius 3 is 1.58 bits per heavy atom. The molecule has 0 aliphatic carbocycles. The molecule has 2 aliphatic heterocycles. The molecule has 0 bridgehead atoms. The molecule has 0 fully saturated rings. The first-order valence-electron chi connectivity index (χ1n) is 22.4. The van der Waals surface area contributed by atoms with E-state index in [1.807, 2.05) is 0 Å². The highest BCUT2D eigenvalue weighted by Crippen LogP contribution is 2.42. The van der Waals surface area contributed by atoms with E-state index in [9.17, 15) is 0 Å². The van der Waals surface area contributed by atoms with Gasteiger partial charge in [0.05, 0.1) is 16.7 Å². The van der Waals surface area contributed by atoms with E-state index in [0.29, 0.717) is 0 Å². The Labute approximate surface area is 379 Å². The van der Waals surface area contributed by atoms with Crippen molar-refractivity contribution in [3.63, 3.8) is 0 Å². The molecule has 0 spiro atoms. The molecule has 65 heavy (non-hydrogen) atoms. The second kappa shape index (κ2) is 15.0. The summed E-state index contributed by atoms with van der Waals surface area (Å²) in [6.45, 7) is -0.313. The Morgan fingerprint density at radius 1 is 0.369 bits per heavy atom. The molecule has 0 saturated carbocycles. The first-order chi connectivity index (χ1) is 32.3. The number of benzene rings is 10. The maximum Gasteiger partial charge on any atom is 0.434 e. The molecule has 0 N–H and O–H groups in total. The van der Waals surface area contributed by atoms with Crippen LogP contribution < -0.4 is 41.1 Å². The first-order valence-corrected chi connectivity index (χ1v) is 24.4. The molecule has 0 amide bonds. The lowest BCUT2D eigenvalue weighted by atomic mass is 9.51. The topological polar surface area (TPSA) is 23.4 Å². The Bertz CT molecular complexity index is 3470. The van der Waals surface area contributed by atoms with E-state index in [1.165, 1.54) is 48.1 Å². The van der Waals surface area contributed by atoms with Crippen molar-refractivity contribution >= 4 is 68.5 Å². The first kappa shape index (κ1) is 37.4. The second-order valence-electron chi connectivity index (χ2n) is 17.1. The highest BCUT2D eigenvalue weighted by molar-refractivity contribution is 7.20. The number of rotatable bonds is 7. The molecule has 0 atom stereocenters. The van der Waals surface area contributed by atoms with E-state index in [2.05, 4.69) is 247 Å². The molecule has 13 rings (SSSR count). The fraction of sp³-hybridized carbons (Fsp3) is 0. The van der Waals surface area contributed by atoms with E-state index >= 15 is 0 Å². The van der Waals surface area contributed by atoms with Crippen molar-refractivity contribution in [3.8, 4) is 56.3 Å². The van der Waals surface area contributed by atoms with Gasteiger partial charge < -0.3 is 14.0 Å². The summed E-state index contributed by atoms with van der Waals surface area (Å²) in [5.74, 6) is 2.51. The average molecular weight is 846 g/mol. The van der Waals surface area contributed by atoms with Crippen molar-refractivity contribution in [2.24, 2.45) is 0 Å². The summed E-state index contributed by atoms with van der Waals surface area (Å²) in [5, 5.41) is 7.88. The highest BCUT2D eigenvalue weighted by atomic mass is 28.3. The van der Waals surface area contributed by atoms with Crippen molar-refractivity contribution in [1.82, 2.24) is 4.57 Å². The Balaban J connectivity index is 0.920. The monoisotopic (exact) mass is 845 g/mol. The van der Waals surface area contributed by atoms with Crippen molar-refractivity contribution in [2.75, 3.05) is 0 Å². The van der Waals surface area contributed by atoms with Gasteiger partial charge in [-0.1, -0.05) is 200 Å². The fourth-order valence-electron chi connectivity index (χ4n) is 10.9. The largest absolute Gasteiger partial charge is 0.551 e. The zero-order valence-electron chi connectivity index (χ0n) is 35.4. The van der Waals surface area contributed by atoms with Gasteiger partial charge in [-0.25, -0.2) is 0 Å². The third kappa shape index (κ3) is 5.76. The molecule has 0 radical (unpaired) electrons. The van der Waals surface area contributed by atoms with E-state index in [0.717, 1.165) is 61.7 Å². The zero-order valence-corrected chi connectivity index (χ0v) is 36.4. The van der Waals surface area contributed by atoms with Gasteiger partial charge in [-0.05, 0) is 85.5 Å². The predicted molar refractivity (Wildman–Crippen MR) is 273 cm³/mol. The van der Waals surface area contributed by atoms with Crippen LogP contribution >= 0.6 is 0 Å². The minimum atomic E-state index is -2.82. The van der Waals surface area contributed by atoms with Gasteiger partial charge in [-0.15, -0.1) is 0 Å². The van der Waals surface area contributed by atoms with E-state index in [1.54, 1.807) is 0 Å². The Hall–Kier alpha value is -8.12. The van der Waals surface area contributed by atoms with Gasteiger partial charge in [-0.3, -0.25) is 0 Å². The Kier molecular flexibility index (Phi) is 8.65. The predicted octanol–water partition coefficient (Wildman–Crippen LogP) is 10.8. The average Bonchev–Trinajstić information content (AvgIpc) is 3.72. The van der Waals surface area contributed by atoms with Crippen LogP contribution in [0, 0.1) is 0 Å². The SMILES string of the molecule is c1ccc([Si](c2ccccc2)(c2ccccc2)c2ccccc2-c2ccc3c(c2)-c2cccc4c2B(O3)c2ccc(-c3ccccc3-n3c5ccccc5c5ccccc53)cc2O4)cc1. The summed E-state index contributed by atoms with van der Waals surface area (Å²) in [7, 11) is -2.82. The minimum Gasteiger partial charge on any atom is -0.551 e. The van der Waals surface area contributed by atoms with Crippen LogP contribution in [0.3, 0.4) is 0 Å². The molecule has 1 aromatic heterocycles. The number of hydrogen-bond acceptors (Lipinski definition) is 2. The fourth-order valence-corrected chi connectivity index (χ4v) is 15.9. The summed E-state index contributed by atoms with van der Waals surface area (Å²) in [4.78, 5) is 0. The lowest BCUT2D eigenvalue weighted by molar-refractivity contribution is 0.479. The summed E-state index contributed by atoms with van der Waals surface area (Å²) in [6, 6.07) is 88.3. The van der Waals surface area contributed by atoms with Crippen molar-refractivity contribution in [2.45, 2.75) is 0 Å². The van der Waals surface area contributed by atoms with Gasteiger partial charge >= 0.3 is 6.92 Å². The summed E-state index contributed by atoms with van der Waals surface area (Å²) < 4.78 is 16.4. The number of fused-ring (bicyclic) bond motifs is 7. The number of hydrogen-bond donors (Lipinski definition) is 0. The van der Waals surface area contributed by atoms with Crippen molar-refractivity contribution < 1.29 is 9.39 Å². The molecule has 11 aromatic rings. The van der Waals surface area contributed by atoms with E-state index in [4.69, 9.17) is 9.39 Å². The maximum atomic E-state index is 7.11. The molecule has 0 unspecified atom stereocenters. The zero-order chi connectivity index (χ0) is 42.9. The lowest BCUT2D eigenvalue weighted by Gasteiger charge is -2.36. The van der Waals surface area contributed by atoms with Gasteiger partial charge in [0.15, 0.2) is 8.07 Å². The Morgan fingerprint density at radius 2 is 0.908 bits per heavy atom. The molecule has 304 valence electrons. The number of aromatic nitrogens is 1. The third-order valence-electron chi connectivity index (χ3n) is 13.7. The van der Waals surface area contributed by atoms with Gasteiger partial charge in [0, 0.05) is 32.8 Å². The molecule has 3 heterocycles. The quantitative estimate of drug-likeness (QED) is 0.118. The van der Waals surface area contributed by atoms with Crippen LogP contribution in [-0.4, -0.2) is 19.6 Å². The molecule has 2 aliphatic rings. The van der Waals surface area contributed by atoms with Crippen LogP contribution in [0.2, 0.25) is 0 Å². The molecule has 3 nitrogen and oxygen atoms in total. The highest BCUT2D eigenvalue weighted by Gasteiger charge is 2.44. The summed E-state index contributed by atoms with van der Waals surface area (Å²) in [5.41, 5.74) is 12.4. The van der Waals surface area contributed by atoms with E-state index in [-0.39, 0.29) is 6.92 Å². The second-order valence-corrected chi connectivity index (χ2v) is 20.8. The van der Waals surface area contributed by atoms with Gasteiger partial charge in [0.25, 0.3) is 0 Å². The van der Waals surface area contributed by atoms with Crippen LogP contribution in [0.1, 0.15) is 0 Å². The maximum absolute atomic E-state index is 7.11. The molecule has 5 heteroatoms. The molecular weight excluding hydrogens is 806 g/mol. The normalized spacial score (nSPS) is 12.5. The standard InChI is InChI=1S/C60H40BNO2Si/c1-4-19-43(20-5-1)65(44-21-6-2-7-22-44,45-23-8-3-9-24-45)59-34-17-13-26-47(59)41-36-38-56-51(39-41)50-29-18-33-57-60(50)61(64-56)52-37-35-42(40-58(52)63-57)46-25-10-14-30-53(46)62-54-31-15-11-27-48(54)49-28-12-16-32-55(49)62/h1-40H.